The van der Waals surface area contributed by atoms with Gasteiger partial charge < -0.3 is 39.1 Å². The maximum absolute atomic E-state index is 14.0. The van der Waals surface area contributed by atoms with Crippen LogP contribution < -0.4 is 10.6 Å². The molecule has 3 aliphatic rings. The largest absolute Gasteiger partial charge is 0.379 e. The third-order valence-corrected chi connectivity index (χ3v) is 13.1. The molecule has 3 saturated heterocycles. The summed E-state index contributed by atoms with van der Waals surface area (Å²) >= 11 is 2.37. The van der Waals surface area contributed by atoms with E-state index in [0.717, 1.165) is 19.8 Å². The highest BCUT2D eigenvalue weighted by molar-refractivity contribution is 8.17. The van der Waals surface area contributed by atoms with Crippen LogP contribution in [0.15, 0.2) is 0 Å². The van der Waals surface area contributed by atoms with Gasteiger partial charge in [-0.1, -0.05) is 13.8 Å². The fourth-order valence-electron chi connectivity index (χ4n) is 6.60. The fourth-order valence-corrected chi connectivity index (χ4v) is 9.29. The normalized spacial score (nSPS) is 18.5. The van der Waals surface area contributed by atoms with Crippen LogP contribution in [0, 0.1) is 0 Å². The number of hydrogen-bond acceptors (Lipinski definition) is 18. The number of fused-ring (bicyclic) bond motifs is 4. The molecular weight excluding hydrogens is 921 g/mol. The number of imide groups is 2. The zero-order chi connectivity index (χ0) is 48.8. The molecule has 3 fully saturated rings. The van der Waals surface area contributed by atoms with E-state index in [9.17, 15) is 47.9 Å². The third-order valence-electron chi connectivity index (χ3n) is 10.5. The van der Waals surface area contributed by atoms with E-state index in [4.69, 9.17) is 28.4 Å². The summed E-state index contributed by atoms with van der Waals surface area (Å²) in [6, 6.07) is 0. The molecule has 22 nitrogen and oxygen atoms in total. The standard InChI is InChI=1S/C43H68N6O16S2/c1-3-32(50)9-17-60-21-25-64-27-23-62-19-11-44-36(52)5-15-48-38(54)7-13-46-40(56)29-34(42(46)58)66-31-67-35-30-41(57)47(43(35)59)14-8-39(55)49(48)16-6-37(53)45-12-20-63-24-28-65-26-22-61-18-10-33(51)4-2/h34-35H,3-31H2,1-2H3,(H,44,52)(H,45,53). The van der Waals surface area contributed by atoms with Crippen molar-refractivity contribution in [2.75, 3.05) is 124 Å². The van der Waals surface area contributed by atoms with E-state index >= 15 is 0 Å². The molecule has 3 heterocycles. The predicted octanol–water partition coefficient (Wildman–Crippen LogP) is -0.118. The smallest absolute Gasteiger partial charge is 0.242 e. The number of Topliss-reactive ketones (excluding diaryl/α,β-unsaturated/α-hetero) is 2. The van der Waals surface area contributed by atoms with Gasteiger partial charge in [0, 0.05) is 95.5 Å². The molecule has 3 rings (SSSR count). The van der Waals surface area contributed by atoms with Crippen LogP contribution in [0.25, 0.3) is 0 Å². The summed E-state index contributed by atoms with van der Waals surface area (Å²) in [5, 5.41) is 6.25. The first kappa shape index (κ1) is 57.3. The number of amides is 8. The van der Waals surface area contributed by atoms with Crippen LogP contribution in [-0.4, -0.2) is 213 Å². The SMILES string of the molecule is CCC(=O)CCOCCOCCOCCNC(=O)CCN1C(=O)CCN2C(=O)CC(SCSC3CC(=O)N(CCC(=O)N1CCC(=O)NCCOCCOCCOCCC(=O)CC)C3=O)C2=O. The predicted molar refractivity (Wildman–Crippen MR) is 243 cm³/mol. The Kier molecular flexibility index (Phi) is 28.6. The third kappa shape index (κ3) is 22.3. The van der Waals surface area contributed by atoms with Crippen molar-refractivity contribution in [1.29, 1.82) is 0 Å². The monoisotopic (exact) mass is 988 g/mol. The minimum Gasteiger partial charge on any atom is -0.379 e. The Balaban J connectivity index is 1.58. The number of nitrogens with one attached hydrogen (secondary N) is 2. The van der Waals surface area contributed by atoms with Crippen molar-refractivity contribution in [3.63, 3.8) is 0 Å². The number of rotatable bonds is 32. The highest BCUT2D eigenvalue weighted by Crippen LogP contribution is 2.33. The van der Waals surface area contributed by atoms with E-state index in [2.05, 4.69) is 10.6 Å². The van der Waals surface area contributed by atoms with Crippen LogP contribution in [0.4, 0.5) is 0 Å². The van der Waals surface area contributed by atoms with Gasteiger partial charge in [0.1, 0.15) is 11.6 Å². The molecule has 0 aromatic carbocycles. The van der Waals surface area contributed by atoms with Crippen LogP contribution in [0.2, 0.25) is 0 Å². The maximum Gasteiger partial charge on any atom is 0.242 e. The molecular formula is C43H68N6O16S2. The molecule has 67 heavy (non-hydrogen) atoms. The van der Waals surface area contributed by atoms with Crippen LogP contribution >= 0.6 is 23.5 Å². The number of hydrogen-bond donors (Lipinski definition) is 2. The van der Waals surface area contributed by atoms with Gasteiger partial charge in [-0.05, 0) is 0 Å². The van der Waals surface area contributed by atoms with E-state index in [-0.39, 0.29) is 134 Å². The highest BCUT2D eigenvalue weighted by Gasteiger charge is 2.42. The molecule has 8 amide bonds. The Morgan fingerprint density at radius 1 is 0.493 bits per heavy atom. The van der Waals surface area contributed by atoms with Gasteiger partial charge in [-0.3, -0.25) is 67.8 Å². The molecule has 0 radical (unpaired) electrons. The summed E-state index contributed by atoms with van der Waals surface area (Å²) in [4.78, 5) is 131. The second-order valence-electron chi connectivity index (χ2n) is 15.3. The summed E-state index contributed by atoms with van der Waals surface area (Å²) < 4.78 is 32.6. The number of carbonyl (C=O) groups excluding carboxylic acids is 10. The van der Waals surface area contributed by atoms with E-state index in [1.807, 2.05) is 0 Å². The number of ketones is 2. The molecule has 24 heteroatoms. The molecule has 4 bridgehead atoms. The van der Waals surface area contributed by atoms with Gasteiger partial charge in [-0.2, -0.15) is 0 Å². The number of nitrogens with zero attached hydrogens (tertiary/aromatic N) is 4. The zero-order valence-corrected chi connectivity index (χ0v) is 40.4. The molecule has 2 atom stereocenters. The zero-order valence-electron chi connectivity index (χ0n) is 38.8. The van der Waals surface area contributed by atoms with Crippen molar-refractivity contribution in [1.82, 2.24) is 30.5 Å². The second kappa shape index (κ2) is 33.5. The summed E-state index contributed by atoms with van der Waals surface area (Å²) in [6.45, 7) is 5.99. The average molecular weight is 989 g/mol. The van der Waals surface area contributed by atoms with Crippen LogP contribution in [0.3, 0.4) is 0 Å². The minimum atomic E-state index is -0.727. The molecule has 0 aliphatic carbocycles. The average Bonchev–Trinajstić information content (AvgIpc) is 3.74. The molecule has 2 unspecified atom stereocenters. The Morgan fingerprint density at radius 2 is 0.836 bits per heavy atom. The Hall–Kier alpha value is -4.04. The van der Waals surface area contributed by atoms with Crippen molar-refractivity contribution in [2.24, 2.45) is 0 Å². The lowest BCUT2D eigenvalue weighted by Crippen LogP contribution is -2.53. The molecule has 3 aliphatic heterocycles. The van der Waals surface area contributed by atoms with E-state index in [1.54, 1.807) is 13.8 Å². The Labute approximate surface area is 400 Å². The van der Waals surface area contributed by atoms with Crippen LogP contribution in [0.5, 0.6) is 0 Å². The van der Waals surface area contributed by atoms with E-state index < -0.39 is 57.8 Å². The van der Waals surface area contributed by atoms with Gasteiger partial charge in [-0.15, -0.1) is 23.5 Å². The minimum absolute atomic E-state index is 0.0984. The van der Waals surface area contributed by atoms with Crippen molar-refractivity contribution < 1.29 is 76.4 Å². The quantitative estimate of drug-likeness (QED) is 0.0658. The fraction of sp³-hybridized carbons (Fsp3) is 0.767. The van der Waals surface area contributed by atoms with E-state index in [0.29, 0.717) is 65.3 Å². The van der Waals surface area contributed by atoms with Gasteiger partial charge >= 0.3 is 0 Å². The molecule has 378 valence electrons. The van der Waals surface area contributed by atoms with E-state index in [1.165, 1.54) is 23.5 Å². The molecule has 0 spiro atoms. The lowest BCUT2D eigenvalue weighted by molar-refractivity contribution is -0.166. The number of hydrazine groups is 1. The first-order valence-corrected chi connectivity index (χ1v) is 25.0. The Bertz CT molecular complexity index is 1540. The number of ether oxygens (including phenoxy) is 6. The van der Waals surface area contributed by atoms with Gasteiger partial charge in [0.05, 0.1) is 103 Å². The Morgan fingerprint density at radius 3 is 1.19 bits per heavy atom. The van der Waals surface area contributed by atoms with Gasteiger partial charge in [0.2, 0.25) is 47.3 Å². The first-order chi connectivity index (χ1) is 32.4. The lowest BCUT2D eigenvalue weighted by atomic mass is 10.2. The number of thioether (sulfide) groups is 2. The van der Waals surface area contributed by atoms with Crippen molar-refractivity contribution >= 4 is 82.3 Å². The van der Waals surface area contributed by atoms with Crippen molar-refractivity contribution in [3.8, 4) is 0 Å². The number of carbonyl (C=O) groups is 10. The second-order valence-corrected chi connectivity index (χ2v) is 18.0. The summed E-state index contributed by atoms with van der Waals surface area (Å²) in [5.74, 6) is -4.06. The summed E-state index contributed by atoms with van der Waals surface area (Å²) in [6.07, 6.45) is 0.126. The maximum atomic E-state index is 14.0. The van der Waals surface area contributed by atoms with Crippen LogP contribution in [0.1, 0.15) is 78.1 Å². The highest BCUT2D eigenvalue weighted by atomic mass is 32.2. The molecule has 0 aromatic rings. The molecule has 0 saturated carbocycles. The van der Waals surface area contributed by atoms with Gasteiger partial charge in [0.15, 0.2) is 0 Å². The summed E-state index contributed by atoms with van der Waals surface area (Å²) in [7, 11) is 0. The van der Waals surface area contributed by atoms with Crippen LogP contribution in [-0.2, 0) is 76.4 Å². The summed E-state index contributed by atoms with van der Waals surface area (Å²) in [5.41, 5.74) is 0. The van der Waals surface area contributed by atoms with Gasteiger partial charge in [0.25, 0.3) is 0 Å². The van der Waals surface area contributed by atoms with Gasteiger partial charge in [-0.25, -0.2) is 0 Å². The molecule has 0 aromatic heterocycles. The van der Waals surface area contributed by atoms with Crippen molar-refractivity contribution in [3.05, 3.63) is 0 Å². The topological polar surface area (TPSA) is 263 Å². The first-order valence-electron chi connectivity index (χ1n) is 22.9. The van der Waals surface area contributed by atoms with Crippen molar-refractivity contribution in [2.45, 2.75) is 88.6 Å². The molecule has 2 N–H and O–H groups in total. The lowest BCUT2D eigenvalue weighted by Gasteiger charge is -2.35.